The van der Waals surface area contributed by atoms with E-state index in [1.807, 2.05) is 29.2 Å². The first-order valence-corrected chi connectivity index (χ1v) is 5.93. The molecule has 1 amide bonds. The summed E-state index contributed by atoms with van der Waals surface area (Å²) in [6.45, 7) is 3.64. The van der Waals surface area contributed by atoms with E-state index in [1.165, 1.54) is 5.57 Å². The number of nitrogens with two attached hydrogens (primary N) is 1. The Kier molecular flexibility index (Phi) is 3.47. The molecular formula is C14H18N2O. The van der Waals surface area contributed by atoms with Crippen LogP contribution >= 0.6 is 0 Å². The van der Waals surface area contributed by atoms with Crippen molar-refractivity contribution in [1.29, 1.82) is 0 Å². The van der Waals surface area contributed by atoms with Gasteiger partial charge in [-0.2, -0.15) is 0 Å². The van der Waals surface area contributed by atoms with Crippen molar-refractivity contribution in [2.24, 2.45) is 0 Å². The topological polar surface area (TPSA) is 46.3 Å². The Morgan fingerprint density at radius 1 is 1.41 bits per heavy atom. The molecule has 0 fully saturated rings. The zero-order valence-electron chi connectivity index (χ0n) is 10.1. The molecule has 0 radical (unpaired) electrons. The average molecular weight is 230 g/mol. The van der Waals surface area contributed by atoms with Gasteiger partial charge in [-0.25, -0.2) is 0 Å². The first kappa shape index (κ1) is 11.7. The molecule has 3 nitrogen and oxygen atoms in total. The molecule has 1 aromatic rings. The molecule has 90 valence electrons. The molecule has 0 bridgehead atoms. The Hall–Kier alpha value is -1.77. The van der Waals surface area contributed by atoms with Gasteiger partial charge in [0.1, 0.15) is 0 Å². The van der Waals surface area contributed by atoms with Crippen molar-refractivity contribution < 1.29 is 4.79 Å². The molecule has 1 aliphatic heterocycles. The number of nitrogen functional groups attached to an aromatic ring is 1. The number of para-hydroxylation sites is 1. The van der Waals surface area contributed by atoms with Crippen LogP contribution < -0.4 is 5.73 Å². The van der Waals surface area contributed by atoms with Gasteiger partial charge in [0.15, 0.2) is 0 Å². The Bertz CT molecular complexity index is 451. The molecule has 3 heteroatoms. The van der Waals surface area contributed by atoms with Crippen molar-refractivity contribution in [2.45, 2.75) is 19.8 Å². The van der Waals surface area contributed by atoms with E-state index in [9.17, 15) is 4.79 Å². The van der Waals surface area contributed by atoms with Gasteiger partial charge in [0, 0.05) is 18.8 Å². The predicted octanol–water partition coefficient (Wildman–Crippen LogP) is 1.99. The minimum Gasteiger partial charge on any atom is -0.398 e. The van der Waals surface area contributed by atoms with Crippen LogP contribution in [0, 0.1) is 0 Å². The lowest BCUT2D eigenvalue weighted by atomic mass is 10.1. The van der Waals surface area contributed by atoms with Gasteiger partial charge in [-0.15, -0.1) is 0 Å². The monoisotopic (exact) mass is 230 g/mol. The summed E-state index contributed by atoms with van der Waals surface area (Å²) in [4.78, 5) is 14.0. The molecule has 1 aromatic carbocycles. The summed E-state index contributed by atoms with van der Waals surface area (Å²) >= 11 is 0. The third-order valence-electron chi connectivity index (χ3n) is 3.08. The van der Waals surface area contributed by atoms with E-state index in [4.69, 9.17) is 5.73 Å². The first-order valence-electron chi connectivity index (χ1n) is 5.93. The summed E-state index contributed by atoms with van der Waals surface area (Å²) in [5, 5.41) is 0. The third-order valence-corrected chi connectivity index (χ3v) is 3.08. The number of carbonyl (C=O) groups excluding carboxylic acids is 1. The van der Waals surface area contributed by atoms with E-state index in [-0.39, 0.29) is 5.91 Å². The van der Waals surface area contributed by atoms with E-state index in [0.717, 1.165) is 25.1 Å². The van der Waals surface area contributed by atoms with Crippen LogP contribution in [0.2, 0.25) is 0 Å². The van der Waals surface area contributed by atoms with Gasteiger partial charge in [-0.05, 0) is 25.0 Å². The summed E-state index contributed by atoms with van der Waals surface area (Å²) in [7, 11) is 0. The normalized spacial score (nSPS) is 15.6. The highest BCUT2D eigenvalue weighted by Crippen LogP contribution is 2.15. The Labute approximate surface area is 102 Å². The average Bonchev–Trinajstić information content (AvgIpc) is 2.32. The van der Waals surface area contributed by atoms with E-state index in [2.05, 4.69) is 13.0 Å². The Morgan fingerprint density at radius 2 is 2.18 bits per heavy atom. The van der Waals surface area contributed by atoms with Gasteiger partial charge in [-0.1, -0.05) is 29.8 Å². The third kappa shape index (κ3) is 2.87. The van der Waals surface area contributed by atoms with Crippen LogP contribution in [0.25, 0.3) is 0 Å². The maximum atomic E-state index is 12.1. The fourth-order valence-corrected chi connectivity index (χ4v) is 2.09. The molecule has 1 aliphatic rings. The van der Waals surface area contributed by atoms with Crippen LogP contribution in [-0.2, 0) is 11.2 Å². The number of benzene rings is 1. The lowest BCUT2D eigenvalue weighted by Crippen LogP contribution is -2.36. The van der Waals surface area contributed by atoms with Crippen molar-refractivity contribution in [3.05, 3.63) is 41.5 Å². The SMILES string of the molecule is CC1=CCCN(C(=O)Cc2ccccc2N)C1. The van der Waals surface area contributed by atoms with Crippen molar-refractivity contribution in [1.82, 2.24) is 4.90 Å². The second kappa shape index (κ2) is 5.04. The zero-order valence-corrected chi connectivity index (χ0v) is 10.1. The lowest BCUT2D eigenvalue weighted by Gasteiger charge is -2.26. The number of anilines is 1. The van der Waals surface area contributed by atoms with Crippen molar-refractivity contribution in [2.75, 3.05) is 18.8 Å². The van der Waals surface area contributed by atoms with Crippen LogP contribution in [0.5, 0.6) is 0 Å². The zero-order chi connectivity index (χ0) is 12.3. The molecule has 0 aliphatic carbocycles. The molecule has 17 heavy (non-hydrogen) atoms. The van der Waals surface area contributed by atoms with Crippen LogP contribution in [0.4, 0.5) is 5.69 Å². The van der Waals surface area contributed by atoms with Crippen LogP contribution in [0.15, 0.2) is 35.9 Å². The lowest BCUT2D eigenvalue weighted by molar-refractivity contribution is -0.130. The fourth-order valence-electron chi connectivity index (χ4n) is 2.09. The van der Waals surface area contributed by atoms with Gasteiger partial charge in [0.2, 0.25) is 5.91 Å². The minimum absolute atomic E-state index is 0.162. The Balaban J connectivity index is 2.03. The molecule has 1 heterocycles. The Morgan fingerprint density at radius 3 is 2.88 bits per heavy atom. The highest BCUT2D eigenvalue weighted by atomic mass is 16.2. The molecular weight excluding hydrogens is 212 g/mol. The molecule has 0 unspecified atom stereocenters. The summed E-state index contributed by atoms with van der Waals surface area (Å²) in [5.74, 6) is 0.162. The van der Waals surface area contributed by atoms with Gasteiger partial charge in [0.05, 0.1) is 6.42 Å². The molecule has 0 saturated carbocycles. The van der Waals surface area contributed by atoms with Gasteiger partial charge in [0.25, 0.3) is 0 Å². The van der Waals surface area contributed by atoms with Crippen LogP contribution in [-0.4, -0.2) is 23.9 Å². The largest absolute Gasteiger partial charge is 0.398 e. The van der Waals surface area contributed by atoms with E-state index >= 15 is 0 Å². The highest BCUT2D eigenvalue weighted by molar-refractivity contribution is 5.80. The van der Waals surface area contributed by atoms with E-state index < -0.39 is 0 Å². The summed E-state index contributed by atoms with van der Waals surface area (Å²) in [6, 6.07) is 7.56. The van der Waals surface area contributed by atoms with Crippen molar-refractivity contribution >= 4 is 11.6 Å². The molecule has 2 N–H and O–H groups in total. The second-order valence-electron chi connectivity index (χ2n) is 4.53. The minimum atomic E-state index is 0.162. The number of hydrogen-bond acceptors (Lipinski definition) is 2. The van der Waals surface area contributed by atoms with Crippen LogP contribution in [0.3, 0.4) is 0 Å². The van der Waals surface area contributed by atoms with Gasteiger partial charge in [-0.3, -0.25) is 4.79 Å². The number of rotatable bonds is 2. The maximum absolute atomic E-state index is 12.1. The van der Waals surface area contributed by atoms with E-state index in [1.54, 1.807) is 0 Å². The molecule has 0 spiro atoms. The van der Waals surface area contributed by atoms with Gasteiger partial charge < -0.3 is 10.6 Å². The second-order valence-corrected chi connectivity index (χ2v) is 4.53. The molecule has 0 saturated heterocycles. The summed E-state index contributed by atoms with van der Waals surface area (Å²) in [6.07, 6.45) is 3.56. The van der Waals surface area contributed by atoms with E-state index in [0.29, 0.717) is 12.1 Å². The smallest absolute Gasteiger partial charge is 0.227 e. The fraction of sp³-hybridized carbons (Fsp3) is 0.357. The number of nitrogens with zero attached hydrogens (tertiary/aromatic N) is 1. The van der Waals surface area contributed by atoms with Crippen molar-refractivity contribution in [3.63, 3.8) is 0 Å². The standard InChI is InChI=1S/C14H18N2O/c1-11-5-4-8-16(10-11)14(17)9-12-6-2-3-7-13(12)15/h2-3,5-7H,4,8-10,15H2,1H3. The number of carbonyl (C=O) groups is 1. The molecule has 0 atom stereocenters. The first-order chi connectivity index (χ1) is 8.16. The summed E-state index contributed by atoms with van der Waals surface area (Å²) < 4.78 is 0. The summed E-state index contributed by atoms with van der Waals surface area (Å²) in [5.41, 5.74) is 8.73. The van der Waals surface area contributed by atoms with Crippen LogP contribution in [0.1, 0.15) is 18.9 Å². The predicted molar refractivity (Wildman–Crippen MR) is 69.5 cm³/mol. The molecule has 0 aromatic heterocycles. The van der Waals surface area contributed by atoms with Gasteiger partial charge >= 0.3 is 0 Å². The maximum Gasteiger partial charge on any atom is 0.227 e. The quantitative estimate of drug-likeness (QED) is 0.624. The molecule has 2 rings (SSSR count). The number of hydrogen-bond donors (Lipinski definition) is 1. The number of amides is 1. The highest BCUT2D eigenvalue weighted by Gasteiger charge is 2.17. The van der Waals surface area contributed by atoms with Crippen molar-refractivity contribution in [3.8, 4) is 0 Å².